The predicted octanol–water partition coefficient (Wildman–Crippen LogP) is 1.73. The van der Waals surface area contributed by atoms with Gasteiger partial charge in [-0.2, -0.15) is 5.10 Å². The van der Waals surface area contributed by atoms with Crippen LogP contribution in [0, 0.1) is 0 Å². The van der Waals surface area contributed by atoms with E-state index in [2.05, 4.69) is 45.0 Å². The van der Waals surface area contributed by atoms with Gasteiger partial charge < -0.3 is 15.0 Å². The van der Waals surface area contributed by atoms with Gasteiger partial charge >= 0.3 is 0 Å². The highest BCUT2D eigenvalue weighted by Crippen LogP contribution is 2.16. The largest absolute Gasteiger partial charge is 0.378 e. The average Bonchev–Trinajstić information content (AvgIpc) is 2.54. The summed E-state index contributed by atoms with van der Waals surface area (Å²) in [5.41, 5.74) is 6.06. The van der Waals surface area contributed by atoms with Gasteiger partial charge in [0.05, 0.1) is 18.9 Å². The summed E-state index contributed by atoms with van der Waals surface area (Å²) in [5.74, 6) is 0. The molecular weight excluding hydrogens is 284 g/mol. The summed E-state index contributed by atoms with van der Waals surface area (Å²) in [5, 5.41) is 7.83. The summed E-state index contributed by atoms with van der Waals surface area (Å²) in [4.78, 5) is 2.33. The lowest BCUT2D eigenvalue weighted by atomic mass is 10.1. The third-order valence-corrected chi connectivity index (χ3v) is 3.56. The van der Waals surface area contributed by atoms with E-state index in [1.807, 2.05) is 13.8 Å². The lowest BCUT2D eigenvalue weighted by Crippen LogP contribution is -2.36. The molecule has 21 heavy (non-hydrogen) atoms. The molecule has 0 aromatic heterocycles. The van der Waals surface area contributed by atoms with E-state index in [-0.39, 0.29) is 0 Å². The number of anilines is 1. The predicted molar refractivity (Wildman–Crippen MR) is 91.1 cm³/mol. The van der Waals surface area contributed by atoms with Crippen LogP contribution in [0.1, 0.15) is 19.4 Å². The van der Waals surface area contributed by atoms with E-state index >= 15 is 0 Å². The summed E-state index contributed by atoms with van der Waals surface area (Å²) in [6.07, 6.45) is 0. The van der Waals surface area contributed by atoms with E-state index in [4.69, 9.17) is 17.0 Å². The zero-order valence-corrected chi connectivity index (χ0v) is 13.4. The summed E-state index contributed by atoms with van der Waals surface area (Å²) in [6.45, 7) is 8.24. The Balaban J connectivity index is 1.97. The SMILES string of the molecule is CCNC(=S)N/N=C(/C)c1ccc(N2CCOCC2)cc1. The van der Waals surface area contributed by atoms with Crippen molar-refractivity contribution < 1.29 is 4.74 Å². The van der Waals surface area contributed by atoms with Gasteiger partial charge in [0.25, 0.3) is 0 Å². The first-order chi connectivity index (χ1) is 10.2. The van der Waals surface area contributed by atoms with Gasteiger partial charge in [0.2, 0.25) is 0 Å². The topological polar surface area (TPSA) is 48.9 Å². The van der Waals surface area contributed by atoms with Crippen molar-refractivity contribution in [3.8, 4) is 0 Å². The molecule has 0 atom stereocenters. The van der Waals surface area contributed by atoms with Crippen LogP contribution in [0.5, 0.6) is 0 Å². The van der Waals surface area contributed by atoms with Crippen molar-refractivity contribution in [1.29, 1.82) is 0 Å². The lowest BCUT2D eigenvalue weighted by molar-refractivity contribution is 0.122. The molecule has 114 valence electrons. The van der Waals surface area contributed by atoms with Crippen LogP contribution in [0.2, 0.25) is 0 Å². The zero-order valence-electron chi connectivity index (χ0n) is 12.6. The van der Waals surface area contributed by atoms with E-state index < -0.39 is 0 Å². The summed E-state index contributed by atoms with van der Waals surface area (Å²) < 4.78 is 5.37. The molecule has 1 aromatic carbocycles. The molecule has 5 nitrogen and oxygen atoms in total. The molecule has 1 fully saturated rings. The van der Waals surface area contributed by atoms with Crippen LogP contribution in [0.15, 0.2) is 29.4 Å². The second-order valence-electron chi connectivity index (χ2n) is 4.81. The fourth-order valence-electron chi connectivity index (χ4n) is 2.13. The van der Waals surface area contributed by atoms with Crippen molar-refractivity contribution in [3.05, 3.63) is 29.8 Å². The minimum Gasteiger partial charge on any atom is -0.378 e. The molecule has 1 aliphatic heterocycles. The Hall–Kier alpha value is -1.66. The first kappa shape index (κ1) is 15.7. The van der Waals surface area contributed by atoms with E-state index in [0.29, 0.717) is 5.11 Å². The van der Waals surface area contributed by atoms with E-state index in [1.165, 1.54) is 5.69 Å². The third-order valence-electron chi connectivity index (χ3n) is 3.32. The normalized spacial score (nSPS) is 15.7. The van der Waals surface area contributed by atoms with Crippen LogP contribution in [-0.2, 0) is 4.74 Å². The Morgan fingerprint density at radius 1 is 1.29 bits per heavy atom. The van der Waals surface area contributed by atoms with Crippen molar-refractivity contribution in [2.24, 2.45) is 5.10 Å². The first-order valence-electron chi connectivity index (χ1n) is 7.22. The summed E-state index contributed by atoms with van der Waals surface area (Å²) >= 11 is 5.08. The van der Waals surface area contributed by atoms with Crippen molar-refractivity contribution in [2.45, 2.75) is 13.8 Å². The maximum atomic E-state index is 5.37. The maximum absolute atomic E-state index is 5.37. The second-order valence-corrected chi connectivity index (χ2v) is 5.22. The molecule has 0 unspecified atom stereocenters. The van der Waals surface area contributed by atoms with Crippen LogP contribution in [0.3, 0.4) is 0 Å². The number of hydrogen-bond acceptors (Lipinski definition) is 4. The number of hydrogen-bond donors (Lipinski definition) is 2. The molecule has 0 radical (unpaired) electrons. The quantitative estimate of drug-likeness (QED) is 0.504. The first-order valence-corrected chi connectivity index (χ1v) is 7.63. The van der Waals surface area contributed by atoms with Gasteiger partial charge in [-0.05, 0) is 43.8 Å². The molecule has 0 aliphatic carbocycles. The Morgan fingerprint density at radius 2 is 1.95 bits per heavy atom. The molecule has 1 aromatic rings. The summed E-state index contributed by atoms with van der Waals surface area (Å²) in [6, 6.07) is 8.42. The highest BCUT2D eigenvalue weighted by atomic mass is 32.1. The monoisotopic (exact) mass is 306 g/mol. The van der Waals surface area contributed by atoms with Gasteiger partial charge in [-0.3, -0.25) is 5.43 Å². The summed E-state index contributed by atoms with van der Waals surface area (Å²) in [7, 11) is 0. The van der Waals surface area contributed by atoms with Gasteiger partial charge in [-0.1, -0.05) is 12.1 Å². The van der Waals surface area contributed by atoms with Gasteiger partial charge in [0.1, 0.15) is 0 Å². The maximum Gasteiger partial charge on any atom is 0.186 e. The zero-order chi connectivity index (χ0) is 15.1. The highest BCUT2D eigenvalue weighted by molar-refractivity contribution is 7.80. The molecular formula is C15H22N4OS. The molecule has 0 amide bonds. The van der Waals surface area contributed by atoms with Gasteiger partial charge in [0, 0.05) is 25.3 Å². The van der Waals surface area contributed by atoms with Crippen LogP contribution in [0.25, 0.3) is 0 Å². The number of nitrogens with zero attached hydrogens (tertiary/aromatic N) is 2. The number of ether oxygens (including phenoxy) is 1. The number of rotatable bonds is 4. The van der Waals surface area contributed by atoms with Gasteiger partial charge in [-0.25, -0.2) is 0 Å². The Labute approximate surface area is 131 Å². The van der Waals surface area contributed by atoms with Crippen LogP contribution < -0.4 is 15.6 Å². The van der Waals surface area contributed by atoms with Crippen LogP contribution >= 0.6 is 12.2 Å². The molecule has 0 saturated carbocycles. The molecule has 1 saturated heterocycles. The van der Waals surface area contributed by atoms with Crippen molar-refractivity contribution >= 4 is 28.7 Å². The fourth-order valence-corrected chi connectivity index (χ4v) is 2.32. The van der Waals surface area contributed by atoms with E-state index in [0.717, 1.165) is 44.1 Å². The Bertz CT molecular complexity index is 495. The Morgan fingerprint density at radius 3 is 2.57 bits per heavy atom. The number of benzene rings is 1. The number of hydrazone groups is 1. The van der Waals surface area contributed by atoms with E-state index in [1.54, 1.807) is 0 Å². The number of thiocarbonyl (C=S) groups is 1. The molecule has 0 spiro atoms. The molecule has 2 rings (SSSR count). The molecule has 1 aliphatic rings. The minimum absolute atomic E-state index is 0.543. The smallest absolute Gasteiger partial charge is 0.186 e. The molecule has 1 heterocycles. The van der Waals surface area contributed by atoms with Crippen molar-refractivity contribution in [3.63, 3.8) is 0 Å². The molecule has 2 N–H and O–H groups in total. The van der Waals surface area contributed by atoms with E-state index in [9.17, 15) is 0 Å². The minimum atomic E-state index is 0.543. The van der Waals surface area contributed by atoms with Crippen molar-refractivity contribution in [1.82, 2.24) is 10.7 Å². The van der Waals surface area contributed by atoms with Gasteiger partial charge in [-0.15, -0.1) is 0 Å². The van der Waals surface area contributed by atoms with Crippen LogP contribution in [0.4, 0.5) is 5.69 Å². The highest BCUT2D eigenvalue weighted by Gasteiger charge is 2.10. The van der Waals surface area contributed by atoms with Gasteiger partial charge in [0.15, 0.2) is 5.11 Å². The van der Waals surface area contributed by atoms with Crippen molar-refractivity contribution in [2.75, 3.05) is 37.7 Å². The third kappa shape index (κ3) is 4.68. The number of nitrogens with one attached hydrogen (secondary N) is 2. The standard InChI is InChI=1S/C15H22N4OS/c1-3-16-15(21)18-17-12(2)13-4-6-14(7-5-13)19-8-10-20-11-9-19/h4-7H,3,8-11H2,1-2H3,(H2,16,18,21)/b17-12-. The molecule has 0 bridgehead atoms. The second kappa shape index (κ2) is 7.95. The average molecular weight is 306 g/mol. The molecule has 6 heteroatoms. The fraction of sp³-hybridized carbons (Fsp3) is 0.467. The Kier molecular flexibility index (Phi) is 5.95. The number of morpholine rings is 1. The lowest BCUT2D eigenvalue weighted by Gasteiger charge is -2.28. The van der Waals surface area contributed by atoms with Crippen LogP contribution in [-0.4, -0.2) is 43.7 Å².